The Hall–Kier alpha value is -2.04. The second kappa shape index (κ2) is 5.94. The molecule has 4 heteroatoms. The highest BCUT2D eigenvalue weighted by molar-refractivity contribution is 5.40. The van der Waals surface area contributed by atoms with Crippen LogP contribution in [-0.4, -0.2) is 24.3 Å². The fourth-order valence-electron chi connectivity index (χ4n) is 2.30. The molecule has 20 heavy (non-hydrogen) atoms. The van der Waals surface area contributed by atoms with Crippen LogP contribution in [0, 0.1) is 0 Å². The van der Waals surface area contributed by atoms with E-state index in [0.29, 0.717) is 19.7 Å². The Bertz CT molecular complexity index is 559. The molecular formula is C16H18N2O2. The van der Waals surface area contributed by atoms with Crippen LogP contribution in [0.2, 0.25) is 0 Å². The normalized spacial score (nSPS) is 17.2. The van der Waals surface area contributed by atoms with Gasteiger partial charge in [-0.2, -0.15) is 0 Å². The lowest BCUT2D eigenvalue weighted by molar-refractivity contribution is 0.0564. The van der Waals surface area contributed by atoms with Crippen molar-refractivity contribution in [2.24, 2.45) is 5.84 Å². The van der Waals surface area contributed by atoms with E-state index in [4.69, 9.17) is 15.3 Å². The molecule has 0 aliphatic carbocycles. The second-order valence-corrected chi connectivity index (χ2v) is 4.91. The number of nitrogens with zero attached hydrogens (tertiary/aromatic N) is 1. The molecule has 1 aliphatic heterocycles. The lowest BCUT2D eigenvalue weighted by Gasteiger charge is -2.29. The third-order valence-corrected chi connectivity index (χ3v) is 3.23. The van der Waals surface area contributed by atoms with E-state index in [2.05, 4.69) is 12.1 Å². The summed E-state index contributed by atoms with van der Waals surface area (Å²) >= 11 is 0. The van der Waals surface area contributed by atoms with E-state index in [1.807, 2.05) is 42.5 Å². The average molecular weight is 270 g/mol. The largest absolute Gasteiger partial charge is 0.486 e. The Morgan fingerprint density at radius 1 is 1.00 bits per heavy atom. The topological polar surface area (TPSA) is 47.7 Å². The minimum absolute atomic E-state index is 0.0430. The van der Waals surface area contributed by atoms with Gasteiger partial charge >= 0.3 is 0 Å². The Balaban J connectivity index is 1.57. The quantitative estimate of drug-likeness (QED) is 0.683. The van der Waals surface area contributed by atoms with Crippen molar-refractivity contribution in [3.05, 3.63) is 60.2 Å². The second-order valence-electron chi connectivity index (χ2n) is 4.91. The molecule has 0 fully saturated rings. The maximum Gasteiger partial charge on any atom is 0.161 e. The summed E-state index contributed by atoms with van der Waals surface area (Å²) in [6, 6.07) is 17.9. The maximum atomic E-state index is 6.05. The van der Waals surface area contributed by atoms with Crippen molar-refractivity contribution in [3.8, 4) is 11.5 Å². The summed E-state index contributed by atoms with van der Waals surface area (Å²) in [6.45, 7) is 1.85. The molecule has 2 aromatic carbocycles. The van der Waals surface area contributed by atoms with Gasteiger partial charge in [-0.05, 0) is 17.7 Å². The molecule has 2 N–H and O–H groups in total. The predicted octanol–water partition coefficient (Wildman–Crippen LogP) is 2.20. The van der Waals surface area contributed by atoms with Crippen LogP contribution in [0.1, 0.15) is 5.56 Å². The monoisotopic (exact) mass is 270 g/mol. The minimum atomic E-state index is -0.0430. The number of hydrogen-bond donors (Lipinski definition) is 1. The number of hydrazine groups is 1. The lowest BCUT2D eigenvalue weighted by atomic mass is 10.2. The smallest absolute Gasteiger partial charge is 0.161 e. The zero-order valence-corrected chi connectivity index (χ0v) is 11.2. The molecule has 1 atom stereocenters. The van der Waals surface area contributed by atoms with Gasteiger partial charge in [-0.25, -0.2) is 5.01 Å². The number of benzene rings is 2. The number of hydrogen-bond acceptors (Lipinski definition) is 4. The van der Waals surface area contributed by atoms with Crippen molar-refractivity contribution >= 4 is 0 Å². The van der Waals surface area contributed by atoms with E-state index in [1.54, 1.807) is 5.01 Å². The number of nitrogens with two attached hydrogens (primary N) is 1. The summed E-state index contributed by atoms with van der Waals surface area (Å²) in [5, 5.41) is 1.76. The maximum absolute atomic E-state index is 6.05. The van der Waals surface area contributed by atoms with Gasteiger partial charge < -0.3 is 9.47 Å². The van der Waals surface area contributed by atoms with Gasteiger partial charge in [-0.1, -0.05) is 42.5 Å². The molecule has 0 aromatic heterocycles. The molecule has 1 aliphatic rings. The molecular weight excluding hydrogens is 252 g/mol. The molecule has 3 rings (SSSR count). The van der Waals surface area contributed by atoms with Crippen molar-refractivity contribution in [2.45, 2.75) is 12.6 Å². The Kier molecular flexibility index (Phi) is 3.85. The number of para-hydroxylation sites is 2. The summed E-state index contributed by atoms with van der Waals surface area (Å²) < 4.78 is 11.6. The molecule has 1 heterocycles. The molecule has 104 valence electrons. The van der Waals surface area contributed by atoms with Crippen molar-refractivity contribution < 1.29 is 9.47 Å². The predicted molar refractivity (Wildman–Crippen MR) is 77.4 cm³/mol. The number of rotatable bonds is 4. The van der Waals surface area contributed by atoms with Crippen molar-refractivity contribution in [1.82, 2.24) is 5.01 Å². The van der Waals surface area contributed by atoms with Crippen LogP contribution in [-0.2, 0) is 6.54 Å². The van der Waals surface area contributed by atoms with Crippen LogP contribution in [0.3, 0.4) is 0 Å². The molecule has 0 amide bonds. The Labute approximate surface area is 118 Å². The molecule has 0 saturated carbocycles. The van der Waals surface area contributed by atoms with Crippen LogP contribution in [0.4, 0.5) is 0 Å². The summed E-state index contributed by atoms with van der Waals surface area (Å²) in [7, 11) is 0. The van der Waals surface area contributed by atoms with Gasteiger partial charge in [-0.3, -0.25) is 5.84 Å². The van der Waals surface area contributed by atoms with Gasteiger partial charge in [0, 0.05) is 6.54 Å². The Morgan fingerprint density at radius 2 is 1.70 bits per heavy atom. The standard InChI is InChI=1S/C16H18N2O2/c17-18(10-13-6-2-1-3-7-13)11-14-12-19-15-8-4-5-9-16(15)20-14/h1-9,14H,10-12,17H2/t14-/m0/s1. The first-order valence-electron chi connectivity index (χ1n) is 6.73. The number of fused-ring (bicyclic) bond motifs is 1. The molecule has 4 nitrogen and oxygen atoms in total. The molecule has 0 bridgehead atoms. The van der Waals surface area contributed by atoms with Crippen LogP contribution in [0.25, 0.3) is 0 Å². The van der Waals surface area contributed by atoms with E-state index in [9.17, 15) is 0 Å². The third kappa shape index (κ3) is 3.10. The molecule has 2 aromatic rings. The Morgan fingerprint density at radius 3 is 2.50 bits per heavy atom. The van der Waals surface area contributed by atoms with Gasteiger partial charge in [-0.15, -0.1) is 0 Å². The van der Waals surface area contributed by atoms with Crippen LogP contribution in [0.15, 0.2) is 54.6 Å². The average Bonchev–Trinajstić information content (AvgIpc) is 2.48. The van der Waals surface area contributed by atoms with E-state index in [-0.39, 0.29) is 6.10 Å². The lowest BCUT2D eigenvalue weighted by Crippen LogP contribution is -2.43. The van der Waals surface area contributed by atoms with Crippen molar-refractivity contribution in [3.63, 3.8) is 0 Å². The van der Waals surface area contributed by atoms with Gasteiger partial charge in [0.15, 0.2) is 11.5 Å². The highest BCUT2D eigenvalue weighted by Gasteiger charge is 2.22. The summed E-state index contributed by atoms with van der Waals surface area (Å²) in [6.07, 6.45) is -0.0430. The van der Waals surface area contributed by atoms with Crippen LogP contribution in [0.5, 0.6) is 11.5 Å². The van der Waals surface area contributed by atoms with Crippen molar-refractivity contribution in [1.29, 1.82) is 0 Å². The van der Waals surface area contributed by atoms with E-state index in [0.717, 1.165) is 11.5 Å². The van der Waals surface area contributed by atoms with Gasteiger partial charge in [0.2, 0.25) is 0 Å². The van der Waals surface area contributed by atoms with Crippen LogP contribution >= 0.6 is 0 Å². The zero-order chi connectivity index (χ0) is 13.8. The SMILES string of the molecule is NN(Cc1ccccc1)C[C@H]1COc2ccccc2O1. The number of ether oxygens (including phenoxy) is 2. The molecule has 0 spiro atoms. The van der Waals surface area contributed by atoms with Gasteiger partial charge in [0.25, 0.3) is 0 Å². The van der Waals surface area contributed by atoms with Gasteiger partial charge in [0.1, 0.15) is 12.7 Å². The zero-order valence-electron chi connectivity index (χ0n) is 11.2. The first kappa shape index (κ1) is 13.0. The molecule has 0 unspecified atom stereocenters. The first-order chi connectivity index (χ1) is 9.81. The van der Waals surface area contributed by atoms with Gasteiger partial charge in [0.05, 0.1) is 6.54 Å². The summed E-state index contributed by atoms with van der Waals surface area (Å²) in [5.41, 5.74) is 1.19. The molecule has 0 saturated heterocycles. The van der Waals surface area contributed by atoms with E-state index >= 15 is 0 Å². The minimum Gasteiger partial charge on any atom is -0.486 e. The third-order valence-electron chi connectivity index (χ3n) is 3.23. The first-order valence-corrected chi connectivity index (χ1v) is 6.73. The highest BCUT2D eigenvalue weighted by Crippen LogP contribution is 2.30. The fourth-order valence-corrected chi connectivity index (χ4v) is 2.30. The summed E-state index contributed by atoms with van der Waals surface area (Å²) in [4.78, 5) is 0. The van der Waals surface area contributed by atoms with Crippen LogP contribution < -0.4 is 15.3 Å². The van der Waals surface area contributed by atoms with E-state index in [1.165, 1.54) is 5.56 Å². The fraction of sp³-hybridized carbons (Fsp3) is 0.250. The van der Waals surface area contributed by atoms with E-state index < -0.39 is 0 Å². The van der Waals surface area contributed by atoms with Crippen molar-refractivity contribution in [2.75, 3.05) is 13.2 Å². The summed E-state index contributed by atoms with van der Waals surface area (Å²) in [5.74, 6) is 7.64. The highest BCUT2D eigenvalue weighted by atomic mass is 16.6. The molecule has 0 radical (unpaired) electrons.